The lowest BCUT2D eigenvalue weighted by Gasteiger charge is -2.22. The van der Waals surface area contributed by atoms with Gasteiger partial charge in [-0.3, -0.25) is 4.79 Å². The van der Waals surface area contributed by atoms with Crippen molar-refractivity contribution >= 4 is 5.91 Å². The first kappa shape index (κ1) is 12.9. The Morgan fingerprint density at radius 1 is 1.24 bits per heavy atom. The second-order valence-corrected chi connectivity index (χ2v) is 5.73. The molecule has 98 valence electrons. The van der Waals surface area contributed by atoms with Crippen molar-refractivity contribution in [3.8, 4) is 0 Å². The second kappa shape index (κ2) is 5.85. The van der Waals surface area contributed by atoms with Gasteiger partial charge in [0.2, 0.25) is 5.91 Å². The van der Waals surface area contributed by atoms with Crippen LogP contribution in [0.5, 0.6) is 0 Å². The van der Waals surface area contributed by atoms with Crippen LogP contribution < -0.4 is 10.6 Å². The first-order chi connectivity index (χ1) is 8.22. The molecule has 3 nitrogen and oxygen atoms in total. The summed E-state index contributed by atoms with van der Waals surface area (Å²) in [7, 11) is 0. The molecule has 1 amide bonds. The summed E-state index contributed by atoms with van der Waals surface area (Å²) in [6, 6.07) is 0.583. The SMILES string of the molecule is CCCCNC(=O)C(C)NC(C1CC1)C1CC1. The monoisotopic (exact) mass is 238 g/mol. The average Bonchev–Trinajstić information content (AvgIpc) is 3.18. The number of nitrogens with one attached hydrogen (secondary N) is 2. The number of amides is 1. The maximum Gasteiger partial charge on any atom is 0.236 e. The number of hydrogen-bond acceptors (Lipinski definition) is 2. The van der Waals surface area contributed by atoms with E-state index in [1.165, 1.54) is 25.7 Å². The van der Waals surface area contributed by atoms with Gasteiger partial charge >= 0.3 is 0 Å². The molecule has 3 heteroatoms. The largest absolute Gasteiger partial charge is 0.355 e. The molecular formula is C14H26N2O. The van der Waals surface area contributed by atoms with Gasteiger partial charge in [0.25, 0.3) is 0 Å². The van der Waals surface area contributed by atoms with Gasteiger partial charge < -0.3 is 10.6 Å². The number of carbonyl (C=O) groups is 1. The molecule has 0 aliphatic heterocycles. The molecular weight excluding hydrogens is 212 g/mol. The highest BCUT2D eigenvalue weighted by atomic mass is 16.2. The van der Waals surface area contributed by atoms with Gasteiger partial charge in [-0.25, -0.2) is 0 Å². The summed E-state index contributed by atoms with van der Waals surface area (Å²) < 4.78 is 0. The Morgan fingerprint density at radius 2 is 1.82 bits per heavy atom. The third kappa shape index (κ3) is 3.98. The predicted octanol–water partition coefficient (Wildman–Crippen LogP) is 2.07. The highest BCUT2D eigenvalue weighted by molar-refractivity contribution is 5.81. The Balaban J connectivity index is 1.70. The van der Waals surface area contributed by atoms with Gasteiger partial charge in [0, 0.05) is 12.6 Å². The van der Waals surface area contributed by atoms with Crippen LogP contribution in [0.25, 0.3) is 0 Å². The number of hydrogen-bond donors (Lipinski definition) is 2. The van der Waals surface area contributed by atoms with E-state index in [9.17, 15) is 4.79 Å². The van der Waals surface area contributed by atoms with Crippen LogP contribution >= 0.6 is 0 Å². The average molecular weight is 238 g/mol. The van der Waals surface area contributed by atoms with Crippen LogP contribution in [0.3, 0.4) is 0 Å². The lowest BCUT2D eigenvalue weighted by atomic mass is 10.1. The van der Waals surface area contributed by atoms with Crippen molar-refractivity contribution in [2.45, 2.75) is 64.5 Å². The molecule has 1 atom stereocenters. The Morgan fingerprint density at radius 3 is 2.29 bits per heavy atom. The van der Waals surface area contributed by atoms with Gasteiger partial charge in [-0.1, -0.05) is 13.3 Å². The Bertz CT molecular complexity index is 247. The highest BCUT2D eigenvalue weighted by Crippen LogP contribution is 2.44. The fourth-order valence-electron chi connectivity index (χ4n) is 2.47. The summed E-state index contributed by atoms with van der Waals surface area (Å²) in [5, 5.41) is 6.56. The Kier molecular flexibility index (Phi) is 4.43. The van der Waals surface area contributed by atoms with Gasteiger partial charge in [-0.2, -0.15) is 0 Å². The van der Waals surface area contributed by atoms with E-state index >= 15 is 0 Å². The van der Waals surface area contributed by atoms with Gasteiger partial charge in [0.05, 0.1) is 6.04 Å². The van der Waals surface area contributed by atoms with E-state index in [0.717, 1.165) is 31.2 Å². The zero-order chi connectivity index (χ0) is 12.3. The van der Waals surface area contributed by atoms with Crippen molar-refractivity contribution in [3.05, 3.63) is 0 Å². The minimum atomic E-state index is -0.0296. The first-order valence-corrected chi connectivity index (χ1v) is 7.26. The molecule has 2 rings (SSSR count). The number of rotatable bonds is 8. The standard InChI is InChI=1S/C14H26N2O/c1-3-4-9-15-14(17)10(2)16-13(11-5-6-11)12-7-8-12/h10-13,16H,3-9H2,1-2H3,(H,15,17). The molecule has 1 unspecified atom stereocenters. The van der Waals surface area contributed by atoms with Crippen molar-refractivity contribution in [1.29, 1.82) is 0 Å². The number of carbonyl (C=O) groups excluding carboxylic acids is 1. The van der Waals surface area contributed by atoms with Crippen LogP contribution in [-0.4, -0.2) is 24.5 Å². The Labute approximate surface area is 105 Å². The van der Waals surface area contributed by atoms with Crippen LogP contribution in [0.4, 0.5) is 0 Å². The van der Waals surface area contributed by atoms with E-state index in [4.69, 9.17) is 0 Å². The molecule has 2 N–H and O–H groups in total. The minimum absolute atomic E-state index is 0.0296. The van der Waals surface area contributed by atoms with Crippen molar-refractivity contribution in [2.75, 3.05) is 6.54 Å². The van der Waals surface area contributed by atoms with Gasteiger partial charge in [0.15, 0.2) is 0 Å². The molecule has 0 saturated heterocycles. The van der Waals surface area contributed by atoms with Crippen LogP contribution in [0.1, 0.15) is 52.4 Å². The van der Waals surface area contributed by atoms with E-state index in [0.29, 0.717) is 6.04 Å². The van der Waals surface area contributed by atoms with E-state index in [2.05, 4.69) is 17.6 Å². The first-order valence-electron chi connectivity index (χ1n) is 7.26. The molecule has 0 aromatic rings. The van der Waals surface area contributed by atoms with E-state index in [1.54, 1.807) is 0 Å². The molecule has 17 heavy (non-hydrogen) atoms. The van der Waals surface area contributed by atoms with Crippen molar-refractivity contribution in [3.63, 3.8) is 0 Å². The predicted molar refractivity (Wildman–Crippen MR) is 69.8 cm³/mol. The number of unbranched alkanes of at least 4 members (excludes halogenated alkanes) is 1. The van der Waals surface area contributed by atoms with E-state index in [-0.39, 0.29) is 11.9 Å². The van der Waals surface area contributed by atoms with Crippen molar-refractivity contribution < 1.29 is 4.79 Å². The fourth-order valence-corrected chi connectivity index (χ4v) is 2.47. The molecule has 0 bridgehead atoms. The van der Waals surface area contributed by atoms with Crippen molar-refractivity contribution in [2.24, 2.45) is 11.8 Å². The molecule has 2 aliphatic rings. The second-order valence-electron chi connectivity index (χ2n) is 5.73. The van der Waals surface area contributed by atoms with Crippen molar-refractivity contribution in [1.82, 2.24) is 10.6 Å². The maximum atomic E-state index is 11.9. The van der Waals surface area contributed by atoms with E-state index in [1.807, 2.05) is 6.92 Å². The molecule has 0 spiro atoms. The summed E-state index contributed by atoms with van der Waals surface area (Å²) in [6.07, 6.45) is 7.65. The lowest BCUT2D eigenvalue weighted by Crippen LogP contribution is -2.48. The molecule has 2 saturated carbocycles. The minimum Gasteiger partial charge on any atom is -0.355 e. The van der Waals surface area contributed by atoms with Gasteiger partial charge in [-0.05, 0) is 50.9 Å². The molecule has 0 aromatic heterocycles. The van der Waals surface area contributed by atoms with Crippen LogP contribution in [0, 0.1) is 11.8 Å². The van der Waals surface area contributed by atoms with Crippen LogP contribution in [0.2, 0.25) is 0 Å². The summed E-state index contributed by atoms with van der Waals surface area (Å²) in [6.45, 7) is 4.96. The van der Waals surface area contributed by atoms with Gasteiger partial charge in [0.1, 0.15) is 0 Å². The fraction of sp³-hybridized carbons (Fsp3) is 0.929. The summed E-state index contributed by atoms with van der Waals surface area (Å²) in [4.78, 5) is 11.9. The summed E-state index contributed by atoms with van der Waals surface area (Å²) in [5.74, 6) is 1.88. The Hall–Kier alpha value is -0.570. The molecule has 0 heterocycles. The summed E-state index contributed by atoms with van der Waals surface area (Å²) in [5.41, 5.74) is 0. The topological polar surface area (TPSA) is 41.1 Å². The smallest absolute Gasteiger partial charge is 0.236 e. The highest BCUT2D eigenvalue weighted by Gasteiger charge is 2.42. The normalized spacial score (nSPS) is 21.6. The molecule has 2 fully saturated rings. The molecule has 0 radical (unpaired) electrons. The van der Waals surface area contributed by atoms with Gasteiger partial charge in [-0.15, -0.1) is 0 Å². The lowest BCUT2D eigenvalue weighted by molar-refractivity contribution is -0.123. The maximum absolute atomic E-state index is 11.9. The third-order valence-corrected chi connectivity index (χ3v) is 3.93. The summed E-state index contributed by atoms with van der Waals surface area (Å²) >= 11 is 0. The zero-order valence-electron chi connectivity index (χ0n) is 11.2. The van der Waals surface area contributed by atoms with Crippen LogP contribution in [0.15, 0.2) is 0 Å². The molecule has 0 aromatic carbocycles. The quantitative estimate of drug-likeness (QED) is 0.636. The zero-order valence-corrected chi connectivity index (χ0v) is 11.2. The van der Waals surface area contributed by atoms with Crippen LogP contribution in [-0.2, 0) is 4.79 Å². The van der Waals surface area contributed by atoms with E-state index < -0.39 is 0 Å². The molecule has 2 aliphatic carbocycles. The third-order valence-electron chi connectivity index (χ3n) is 3.93.